The van der Waals surface area contributed by atoms with Gasteiger partial charge in [-0.1, -0.05) is 13.8 Å². The minimum absolute atomic E-state index is 0.0222. The van der Waals surface area contributed by atoms with Gasteiger partial charge in [0.2, 0.25) is 5.91 Å². The molecule has 7 nitrogen and oxygen atoms in total. The number of piperidine rings is 1. The fourth-order valence-electron chi connectivity index (χ4n) is 3.67. The molecule has 1 fully saturated rings. The van der Waals surface area contributed by atoms with Crippen LogP contribution in [0.3, 0.4) is 0 Å². The largest absolute Gasteiger partial charge is 0.493 e. The fourth-order valence-corrected chi connectivity index (χ4v) is 3.67. The van der Waals surface area contributed by atoms with E-state index in [-0.39, 0.29) is 17.4 Å². The Kier molecular flexibility index (Phi) is 6.56. The lowest BCUT2D eigenvalue weighted by Crippen LogP contribution is -2.42. The van der Waals surface area contributed by atoms with Gasteiger partial charge in [0, 0.05) is 37.2 Å². The molecule has 1 aliphatic rings. The van der Waals surface area contributed by atoms with Gasteiger partial charge in [0.25, 0.3) is 5.56 Å². The summed E-state index contributed by atoms with van der Waals surface area (Å²) in [4.78, 5) is 26.4. The number of hydrogen-bond donors (Lipinski definition) is 0. The van der Waals surface area contributed by atoms with Crippen molar-refractivity contribution in [2.24, 2.45) is 11.8 Å². The van der Waals surface area contributed by atoms with Crippen molar-refractivity contribution in [2.45, 2.75) is 33.2 Å². The normalized spacial score (nSPS) is 14.9. The Morgan fingerprint density at radius 3 is 2.41 bits per heavy atom. The van der Waals surface area contributed by atoms with Gasteiger partial charge in [-0.25, -0.2) is 4.68 Å². The molecule has 0 spiro atoms. The van der Waals surface area contributed by atoms with Crippen molar-refractivity contribution in [2.75, 3.05) is 27.3 Å². The van der Waals surface area contributed by atoms with Crippen LogP contribution in [-0.4, -0.2) is 47.9 Å². The lowest BCUT2D eigenvalue weighted by atomic mass is 9.96. The lowest BCUT2D eigenvalue weighted by molar-refractivity contribution is -0.135. The molecular weight excluding hydrogens is 370 g/mol. The molecule has 1 saturated heterocycles. The first-order valence-electron chi connectivity index (χ1n) is 10.0. The van der Waals surface area contributed by atoms with Crippen molar-refractivity contribution >= 4 is 5.91 Å². The van der Waals surface area contributed by atoms with Crippen molar-refractivity contribution in [1.82, 2.24) is 14.7 Å². The minimum atomic E-state index is -0.116. The van der Waals surface area contributed by atoms with Gasteiger partial charge >= 0.3 is 0 Å². The van der Waals surface area contributed by atoms with Gasteiger partial charge in [0.1, 0.15) is 0 Å². The molecule has 0 bridgehead atoms. The summed E-state index contributed by atoms with van der Waals surface area (Å²) in [5.74, 6) is 1.82. The van der Waals surface area contributed by atoms with Crippen LogP contribution in [0.25, 0.3) is 11.3 Å². The van der Waals surface area contributed by atoms with E-state index in [9.17, 15) is 9.59 Å². The maximum absolute atomic E-state index is 12.4. The van der Waals surface area contributed by atoms with E-state index in [4.69, 9.17) is 9.47 Å². The van der Waals surface area contributed by atoms with E-state index in [2.05, 4.69) is 5.10 Å². The van der Waals surface area contributed by atoms with Crippen LogP contribution in [0.5, 0.6) is 11.5 Å². The van der Waals surface area contributed by atoms with Crippen molar-refractivity contribution in [3.8, 4) is 22.8 Å². The third-order valence-electron chi connectivity index (χ3n) is 5.40. The quantitative estimate of drug-likeness (QED) is 0.747. The molecule has 1 aliphatic heterocycles. The summed E-state index contributed by atoms with van der Waals surface area (Å²) in [5.41, 5.74) is 1.45. The molecule has 1 amide bonds. The highest BCUT2D eigenvalue weighted by Crippen LogP contribution is 2.31. The molecule has 0 radical (unpaired) electrons. The monoisotopic (exact) mass is 399 g/mol. The summed E-state index contributed by atoms with van der Waals surface area (Å²) in [6.07, 6.45) is 1.76. The van der Waals surface area contributed by atoms with E-state index in [1.807, 2.05) is 36.9 Å². The second-order valence-corrected chi connectivity index (χ2v) is 7.73. The second-order valence-electron chi connectivity index (χ2n) is 7.73. The van der Waals surface area contributed by atoms with Gasteiger partial charge in [-0.2, -0.15) is 5.10 Å². The number of rotatable bonds is 6. The van der Waals surface area contributed by atoms with Crippen LogP contribution in [-0.2, 0) is 11.3 Å². The van der Waals surface area contributed by atoms with Crippen LogP contribution < -0.4 is 15.0 Å². The number of likely N-dealkylation sites (tertiary alicyclic amines) is 1. The summed E-state index contributed by atoms with van der Waals surface area (Å²) in [6.45, 7) is 5.90. The highest BCUT2D eigenvalue weighted by atomic mass is 16.5. The Morgan fingerprint density at radius 1 is 1.10 bits per heavy atom. The summed E-state index contributed by atoms with van der Waals surface area (Å²) in [7, 11) is 3.18. The van der Waals surface area contributed by atoms with Crippen molar-refractivity contribution in [3.63, 3.8) is 0 Å². The molecule has 156 valence electrons. The summed E-state index contributed by atoms with van der Waals surface area (Å²) >= 11 is 0. The van der Waals surface area contributed by atoms with Crippen LogP contribution in [0.15, 0.2) is 35.1 Å². The number of ether oxygens (including phenoxy) is 2. The molecule has 2 heterocycles. The van der Waals surface area contributed by atoms with Crippen LogP contribution in [0, 0.1) is 11.8 Å². The third kappa shape index (κ3) is 4.78. The third-order valence-corrected chi connectivity index (χ3v) is 5.40. The Labute approximate surface area is 171 Å². The SMILES string of the molecule is COc1ccc(-c2ccc(=O)n(CC3CCN(C(=O)C(C)C)CC3)n2)cc1OC. The molecule has 0 unspecified atom stereocenters. The molecule has 0 atom stereocenters. The van der Waals surface area contributed by atoms with Gasteiger partial charge in [-0.15, -0.1) is 0 Å². The van der Waals surface area contributed by atoms with Crippen LogP contribution in [0.4, 0.5) is 0 Å². The average Bonchev–Trinajstić information content (AvgIpc) is 2.74. The zero-order valence-corrected chi connectivity index (χ0v) is 17.6. The van der Waals surface area contributed by atoms with E-state index < -0.39 is 0 Å². The summed E-state index contributed by atoms with van der Waals surface area (Å²) in [6, 6.07) is 8.85. The van der Waals surface area contributed by atoms with Crippen molar-refractivity contribution in [1.29, 1.82) is 0 Å². The minimum Gasteiger partial charge on any atom is -0.493 e. The highest BCUT2D eigenvalue weighted by Gasteiger charge is 2.25. The number of hydrogen-bond acceptors (Lipinski definition) is 5. The molecule has 3 rings (SSSR count). The molecule has 0 aliphatic carbocycles. The Hall–Kier alpha value is -2.83. The van der Waals surface area contributed by atoms with E-state index in [0.29, 0.717) is 29.7 Å². The molecule has 1 aromatic heterocycles. The number of benzene rings is 1. The zero-order chi connectivity index (χ0) is 21.0. The van der Waals surface area contributed by atoms with E-state index in [0.717, 1.165) is 31.5 Å². The van der Waals surface area contributed by atoms with Crippen molar-refractivity contribution < 1.29 is 14.3 Å². The molecule has 1 aromatic carbocycles. The molecule has 0 saturated carbocycles. The Balaban J connectivity index is 1.74. The van der Waals surface area contributed by atoms with Crippen LogP contribution >= 0.6 is 0 Å². The maximum atomic E-state index is 12.4. The first-order chi connectivity index (χ1) is 13.9. The lowest BCUT2D eigenvalue weighted by Gasteiger charge is -2.33. The molecular formula is C22H29N3O4. The van der Waals surface area contributed by atoms with Crippen molar-refractivity contribution in [3.05, 3.63) is 40.7 Å². The average molecular weight is 399 g/mol. The zero-order valence-electron chi connectivity index (χ0n) is 17.6. The van der Waals surface area contributed by atoms with Gasteiger partial charge in [-0.3, -0.25) is 9.59 Å². The van der Waals surface area contributed by atoms with Gasteiger partial charge in [0.15, 0.2) is 11.5 Å². The molecule has 0 N–H and O–H groups in total. The number of carbonyl (C=O) groups is 1. The second kappa shape index (κ2) is 9.11. The topological polar surface area (TPSA) is 73.7 Å². The first kappa shape index (κ1) is 20.9. The van der Waals surface area contributed by atoms with Gasteiger partial charge in [-0.05, 0) is 43.0 Å². The molecule has 7 heteroatoms. The highest BCUT2D eigenvalue weighted by molar-refractivity contribution is 5.78. The molecule has 2 aromatic rings. The predicted octanol–water partition coefficient (Wildman–Crippen LogP) is 2.82. The van der Waals surface area contributed by atoms with Gasteiger partial charge < -0.3 is 14.4 Å². The first-order valence-corrected chi connectivity index (χ1v) is 10.0. The number of methoxy groups -OCH3 is 2. The maximum Gasteiger partial charge on any atom is 0.266 e. The standard InChI is InChI=1S/C22H29N3O4/c1-15(2)22(27)24-11-9-16(10-12-24)14-25-21(26)8-6-18(23-25)17-5-7-19(28-3)20(13-17)29-4/h5-8,13,15-16H,9-12,14H2,1-4H3. The van der Waals surface area contributed by atoms with E-state index in [1.165, 1.54) is 4.68 Å². The number of amides is 1. The van der Waals surface area contributed by atoms with Crippen LogP contribution in [0.1, 0.15) is 26.7 Å². The Bertz CT molecular complexity index is 915. The predicted molar refractivity (Wildman–Crippen MR) is 111 cm³/mol. The summed E-state index contributed by atoms with van der Waals surface area (Å²) in [5, 5.41) is 4.58. The van der Waals surface area contributed by atoms with Gasteiger partial charge in [0.05, 0.1) is 19.9 Å². The smallest absolute Gasteiger partial charge is 0.266 e. The van der Waals surface area contributed by atoms with E-state index in [1.54, 1.807) is 26.4 Å². The molecule has 29 heavy (non-hydrogen) atoms. The Morgan fingerprint density at radius 2 is 1.79 bits per heavy atom. The van der Waals surface area contributed by atoms with E-state index >= 15 is 0 Å². The number of carbonyl (C=O) groups excluding carboxylic acids is 1. The number of aromatic nitrogens is 2. The fraction of sp³-hybridized carbons (Fsp3) is 0.500. The summed E-state index contributed by atoms with van der Waals surface area (Å²) < 4.78 is 12.2. The van der Waals surface area contributed by atoms with Crippen LogP contribution in [0.2, 0.25) is 0 Å². The number of nitrogens with zero attached hydrogens (tertiary/aromatic N) is 3.